The number of halogens is 2. The van der Waals surface area contributed by atoms with Crippen molar-refractivity contribution < 1.29 is 18.7 Å². The van der Waals surface area contributed by atoms with E-state index in [0.29, 0.717) is 18.7 Å². The molecule has 0 aromatic heterocycles. The zero-order chi connectivity index (χ0) is 15.6. The number of benzene rings is 1. The third-order valence-corrected chi connectivity index (χ3v) is 4.47. The Morgan fingerprint density at radius 2 is 2.10 bits per heavy atom. The van der Waals surface area contributed by atoms with Gasteiger partial charge >= 0.3 is 5.97 Å². The second-order valence-corrected chi connectivity index (χ2v) is 6.35. The van der Waals surface area contributed by atoms with Crippen LogP contribution in [0.3, 0.4) is 0 Å². The van der Waals surface area contributed by atoms with Gasteiger partial charge in [-0.2, -0.15) is 0 Å². The molecule has 1 unspecified atom stereocenters. The van der Waals surface area contributed by atoms with Crippen LogP contribution >= 0.6 is 0 Å². The van der Waals surface area contributed by atoms with Crippen molar-refractivity contribution in [3.63, 3.8) is 0 Å². The smallest absolute Gasteiger partial charge is 0.309 e. The summed E-state index contributed by atoms with van der Waals surface area (Å²) in [5.74, 6) is -2.41. The molecule has 1 atom stereocenters. The van der Waals surface area contributed by atoms with E-state index < -0.39 is 23.0 Å². The predicted molar refractivity (Wildman–Crippen MR) is 75.8 cm³/mol. The molecule has 3 nitrogen and oxygen atoms in total. The van der Waals surface area contributed by atoms with Crippen molar-refractivity contribution in [3.05, 3.63) is 35.4 Å². The predicted octanol–water partition coefficient (Wildman–Crippen LogP) is 3.29. The number of nitrogens with zero attached hydrogens (tertiary/aromatic N) is 1. The molecule has 0 spiro atoms. The van der Waals surface area contributed by atoms with Crippen molar-refractivity contribution in [2.24, 2.45) is 11.3 Å². The molecule has 5 heteroatoms. The van der Waals surface area contributed by atoms with Crippen LogP contribution in [0.15, 0.2) is 18.2 Å². The molecule has 1 aromatic rings. The zero-order valence-corrected chi connectivity index (χ0v) is 12.4. The van der Waals surface area contributed by atoms with Crippen LogP contribution in [0, 0.1) is 23.0 Å². The molecule has 1 N–H and O–H groups in total. The van der Waals surface area contributed by atoms with Crippen molar-refractivity contribution in [1.82, 2.24) is 4.90 Å². The van der Waals surface area contributed by atoms with Crippen LogP contribution in [0.25, 0.3) is 0 Å². The van der Waals surface area contributed by atoms with Crippen LogP contribution in [0.4, 0.5) is 8.78 Å². The highest BCUT2D eigenvalue weighted by Gasteiger charge is 2.38. The molecule has 116 valence electrons. The van der Waals surface area contributed by atoms with E-state index in [9.17, 15) is 18.7 Å². The van der Waals surface area contributed by atoms with Gasteiger partial charge in [0.25, 0.3) is 0 Å². The lowest BCUT2D eigenvalue weighted by Gasteiger charge is -2.39. The summed E-state index contributed by atoms with van der Waals surface area (Å²) in [5.41, 5.74) is -0.0603. The minimum absolute atomic E-state index is 0.0639. The van der Waals surface area contributed by atoms with Crippen LogP contribution in [0.1, 0.15) is 32.3 Å². The first-order valence-corrected chi connectivity index (χ1v) is 7.20. The lowest BCUT2D eigenvalue weighted by atomic mass is 9.74. The van der Waals surface area contributed by atoms with Gasteiger partial charge in [-0.05, 0) is 56.8 Å². The molecule has 1 heterocycles. The largest absolute Gasteiger partial charge is 0.481 e. The quantitative estimate of drug-likeness (QED) is 0.927. The molecule has 1 aromatic carbocycles. The van der Waals surface area contributed by atoms with E-state index in [0.717, 1.165) is 25.5 Å². The van der Waals surface area contributed by atoms with Crippen molar-refractivity contribution in [2.45, 2.75) is 33.2 Å². The van der Waals surface area contributed by atoms with Gasteiger partial charge in [0.05, 0.1) is 5.41 Å². The first kappa shape index (κ1) is 15.9. The van der Waals surface area contributed by atoms with Gasteiger partial charge in [0.1, 0.15) is 0 Å². The summed E-state index contributed by atoms with van der Waals surface area (Å²) < 4.78 is 26.2. The highest BCUT2D eigenvalue weighted by Crippen LogP contribution is 2.34. The van der Waals surface area contributed by atoms with Crippen LogP contribution in [0.2, 0.25) is 0 Å². The monoisotopic (exact) mass is 297 g/mol. The number of aliphatic carboxylic acids is 1. The SMILES string of the molecule is CC(C)(C(=O)O)C1CCCN(Cc2ccc(F)c(F)c2)C1. The van der Waals surface area contributed by atoms with E-state index in [-0.39, 0.29) is 5.92 Å². The fraction of sp³-hybridized carbons (Fsp3) is 0.562. The number of carboxylic acids is 1. The van der Waals surface area contributed by atoms with Gasteiger partial charge in [-0.15, -0.1) is 0 Å². The Labute approximate surface area is 123 Å². The lowest BCUT2D eigenvalue weighted by molar-refractivity contribution is -0.151. The lowest BCUT2D eigenvalue weighted by Crippen LogP contribution is -2.44. The first-order valence-electron chi connectivity index (χ1n) is 7.20. The van der Waals surface area contributed by atoms with Gasteiger partial charge in [-0.25, -0.2) is 8.78 Å². The van der Waals surface area contributed by atoms with E-state index in [1.54, 1.807) is 19.9 Å². The van der Waals surface area contributed by atoms with Crippen LogP contribution < -0.4 is 0 Å². The number of rotatable bonds is 4. The van der Waals surface area contributed by atoms with Crippen molar-refractivity contribution in [1.29, 1.82) is 0 Å². The fourth-order valence-corrected chi connectivity index (χ4v) is 2.86. The highest BCUT2D eigenvalue weighted by atomic mass is 19.2. The Bertz CT molecular complexity index is 531. The Morgan fingerprint density at radius 1 is 1.38 bits per heavy atom. The maximum absolute atomic E-state index is 13.2. The van der Waals surface area contributed by atoms with Gasteiger partial charge in [-0.1, -0.05) is 6.07 Å². The highest BCUT2D eigenvalue weighted by molar-refractivity contribution is 5.74. The molecular formula is C16H21F2NO2. The summed E-state index contributed by atoms with van der Waals surface area (Å²) in [5, 5.41) is 9.33. The maximum Gasteiger partial charge on any atom is 0.309 e. The summed E-state index contributed by atoms with van der Waals surface area (Å²) in [7, 11) is 0. The van der Waals surface area contributed by atoms with Crippen LogP contribution in [0.5, 0.6) is 0 Å². The number of carboxylic acid groups (broad SMARTS) is 1. The molecule has 1 aliphatic heterocycles. The molecular weight excluding hydrogens is 276 g/mol. The number of hydrogen-bond acceptors (Lipinski definition) is 2. The van der Waals surface area contributed by atoms with E-state index in [1.807, 2.05) is 0 Å². The third kappa shape index (κ3) is 3.59. The Balaban J connectivity index is 2.04. The zero-order valence-electron chi connectivity index (χ0n) is 12.4. The van der Waals surface area contributed by atoms with E-state index >= 15 is 0 Å². The van der Waals surface area contributed by atoms with E-state index in [4.69, 9.17) is 0 Å². The van der Waals surface area contributed by atoms with E-state index in [1.165, 1.54) is 6.07 Å². The van der Waals surface area contributed by atoms with Crippen LogP contribution in [-0.4, -0.2) is 29.1 Å². The molecule has 0 aliphatic carbocycles. The summed E-state index contributed by atoms with van der Waals surface area (Å²) in [6.07, 6.45) is 1.80. The number of carbonyl (C=O) groups is 1. The average Bonchev–Trinajstić information content (AvgIpc) is 2.43. The maximum atomic E-state index is 13.2. The number of piperidine rings is 1. The van der Waals surface area contributed by atoms with Crippen molar-refractivity contribution in [3.8, 4) is 0 Å². The fourth-order valence-electron chi connectivity index (χ4n) is 2.86. The molecule has 1 saturated heterocycles. The average molecular weight is 297 g/mol. The summed E-state index contributed by atoms with van der Waals surface area (Å²) in [4.78, 5) is 13.5. The summed E-state index contributed by atoms with van der Waals surface area (Å²) >= 11 is 0. The Hall–Kier alpha value is -1.49. The summed E-state index contributed by atoms with van der Waals surface area (Å²) in [6.45, 7) is 5.54. The molecule has 0 bridgehead atoms. The molecule has 1 aliphatic rings. The topological polar surface area (TPSA) is 40.5 Å². The van der Waals surface area contributed by atoms with Gasteiger partial charge < -0.3 is 5.11 Å². The van der Waals surface area contributed by atoms with Gasteiger partial charge in [0.2, 0.25) is 0 Å². The minimum atomic E-state index is -0.845. The third-order valence-electron chi connectivity index (χ3n) is 4.47. The first-order chi connectivity index (χ1) is 9.80. The molecule has 0 saturated carbocycles. The van der Waals surface area contributed by atoms with Gasteiger partial charge in [-0.3, -0.25) is 9.69 Å². The molecule has 1 fully saturated rings. The molecule has 2 rings (SSSR count). The second kappa shape index (κ2) is 6.10. The number of likely N-dealkylation sites (tertiary alicyclic amines) is 1. The van der Waals surface area contributed by atoms with Gasteiger partial charge in [0, 0.05) is 13.1 Å². The molecule has 21 heavy (non-hydrogen) atoms. The standard InChI is InChI=1S/C16H21F2NO2/c1-16(2,15(20)21)12-4-3-7-19(10-12)9-11-5-6-13(17)14(18)8-11/h5-6,8,12H,3-4,7,9-10H2,1-2H3,(H,20,21). The summed E-state index contributed by atoms with van der Waals surface area (Å²) in [6, 6.07) is 3.92. The van der Waals surface area contributed by atoms with Gasteiger partial charge in [0.15, 0.2) is 11.6 Å². The Morgan fingerprint density at radius 3 is 2.71 bits per heavy atom. The minimum Gasteiger partial charge on any atom is -0.481 e. The molecule has 0 amide bonds. The Kier molecular flexibility index (Phi) is 4.61. The normalized spacial score (nSPS) is 20.5. The van der Waals surface area contributed by atoms with E-state index in [2.05, 4.69) is 4.90 Å². The van der Waals surface area contributed by atoms with Crippen molar-refractivity contribution in [2.75, 3.05) is 13.1 Å². The van der Waals surface area contributed by atoms with Crippen LogP contribution in [-0.2, 0) is 11.3 Å². The van der Waals surface area contributed by atoms with Crippen molar-refractivity contribution >= 4 is 5.97 Å². The number of hydrogen-bond donors (Lipinski definition) is 1. The molecule has 0 radical (unpaired) electrons. The second-order valence-electron chi connectivity index (χ2n) is 6.35.